The molecule has 0 aromatic rings. The molecule has 0 aliphatic carbocycles. The van der Waals surface area contributed by atoms with Crippen LogP contribution in [0, 0.1) is 11.8 Å². The second-order valence-corrected chi connectivity index (χ2v) is 9.04. The maximum Gasteiger partial charge on any atom is 0.312 e. The van der Waals surface area contributed by atoms with Gasteiger partial charge in [-0.1, -0.05) is 6.92 Å². The molecular weight excluding hydrogens is 418 g/mol. The topological polar surface area (TPSA) is 118 Å². The van der Waals surface area contributed by atoms with Gasteiger partial charge in [0.1, 0.15) is 11.6 Å². The highest BCUT2D eigenvalue weighted by atomic mass is 16.6. The third-order valence-electron chi connectivity index (χ3n) is 7.45. The van der Waals surface area contributed by atoms with Gasteiger partial charge in [-0.25, -0.2) is 0 Å². The number of carbonyl (C=O) groups excluding carboxylic acids is 3. The largest absolute Gasteiger partial charge is 0.466 e. The predicted octanol–water partition coefficient (Wildman–Crippen LogP) is -0.857. The molecule has 2 N–H and O–H groups in total. The molecule has 2 bridgehead atoms. The Kier molecular flexibility index (Phi) is 7.04. The number of amides is 2. The number of aliphatic hydroxyl groups is 1. The van der Waals surface area contributed by atoms with E-state index in [1.807, 2.05) is 6.92 Å². The molecule has 4 heterocycles. The lowest BCUT2D eigenvalue weighted by atomic mass is 9.71. The maximum atomic E-state index is 13.6. The number of esters is 1. The number of rotatable bonds is 9. The van der Waals surface area contributed by atoms with Crippen LogP contribution in [-0.2, 0) is 28.6 Å². The van der Waals surface area contributed by atoms with Crippen molar-refractivity contribution in [1.82, 2.24) is 15.1 Å². The first kappa shape index (κ1) is 23.4. The van der Waals surface area contributed by atoms with Crippen molar-refractivity contribution in [3.63, 3.8) is 0 Å². The summed E-state index contributed by atoms with van der Waals surface area (Å²) in [6, 6.07) is -1.38. The highest BCUT2D eigenvalue weighted by molar-refractivity contribution is 5.98. The van der Waals surface area contributed by atoms with Crippen LogP contribution in [-0.4, -0.2) is 109 Å². The number of likely N-dealkylation sites (tertiary alicyclic amines) is 1. The highest BCUT2D eigenvalue weighted by Gasteiger charge is 2.75. The number of hydrogen-bond donors (Lipinski definition) is 2. The summed E-state index contributed by atoms with van der Waals surface area (Å²) in [4.78, 5) is 43.5. The molecule has 0 unspecified atom stereocenters. The highest BCUT2D eigenvalue weighted by Crippen LogP contribution is 2.59. The molecule has 0 aromatic heterocycles. The molecule has 4 saturated heterocycles. The van der Waals surface area contributed by atoms with E-state index in [2.05, 4.69) is 10.2 Å². The van der Waals surface area contributed by atoms with E-state index in [0.717, 1.165) is 13.1 Å². The second kappa shape index (κ2) is 9.62. The number of carbonyl (C=O) groups is 3. The van der Waals surface area contributed by atoms with Gasteiger partial charge in [-0.05, 0) is 26.2 Å². The Bertz CT molecular complexity index is 724. The Morgan fingerprint density at radius 1 is 1.31 bits per heavy atom. The molecule has 0 saturated carbocycles. The van der Waals surface area contributed by atoms with Crippen LogP contribution >= 0.6 is 0 Å². The standard InChI is InChI=1S/C22H35N3O7/c1-3-14(13-26)25-18(19(27)23-7-8-24-9-11-30-12-10-24)22-6-5-15(32-22)16(17(22)20(25)28)21(29)31-4-2/h14-18,26H,3-13H2,1-2H3,(H,23,27)/t14-,15-,16+,17+,18-,22+/m0/s1. The summed E-state index contributed by atoms with van der Waals surface area (Å²) in [6.07, 6.45) is 1.22. The van der Waals surface area contributed by atoms with Crippen molar-refractivity contribution in [1.29, 1.82) is 0 Å². The Hall–Kier alpha value is -1.75. The molecule has 4 aliphatic rings. The zero-order valence-electron chi connectivity index (χ0n) is 19.0. The number of fused-ring (bicyclic) bond motifs is 1. The van der Waals surface area contributed by atoms with E-state index in [4.69, 9.17) is 14.2 Å². The minimum absolute atomic E-state index is 0.222. The number of ether oxygens (including phenoxy) is 3. The molecule has 180 valence electrons. The summed E-state index contributed by atoms with van der Waals surface area (Å²) in [5.74, 6) is -2.48. The lowest BCUT2D eigenvalue weighted by molar-refractivity contribution is -0.155. The lowest BCUT2D eigenvalue weighted by Crippen LogP contribution is -2.58. The third-order valence-corrected chi connectivity index (χ3v) is 7.45. The van der Waals surface area contributed by atoms with Crippen LogP contribution in [0.2, 0.25) is 0 Å². The molecule has 10 nitrogen and oxygen atoms in total. The molecule has 4 aliphatic heterocycles. The Balaban J connectivity index is 1.56. The van der Waals surface area contributed by atoms with Gasteiger partial charge in [-0.15, -0.1) is 0 Å². The van der Waals surface area contributed by atoms with Crippen molar-refractivity contribution in [3.05, 3.63) is 0 Å². The average Bonchev–Trinajstić information content (AvgIpc) is 3.43. The second-order valence-electron chi connectivity index (χ2n) is 9.04. The number of nitrogens with one attached hydrogen (secondary N) is 1. The van der Waals surface area contributed by atoms with Crippen molar-refractivity contribution >= 4 is 17.8 Å². The van der Waals surface area contributed by atoms with Gasteiger partial charge in [0, 0.05) is 26.2 Å². The smallest absolute Gasteiger partial charge is 0.312 e. The van der Waals surface area contributed by atoms with Crippen molar-refractivity contribution in [2.75, 3.05) is 52.6 Å². The van der Waals surface area contributed by atoms with Gasteiger partial charge in [-0.3, -0.25) is 19.3 Å². The van der Waals surface area contributed by atoms with Crippen LogP contribution in [0.15, 0.2) is 0 Å². The molecule has 0 aromatic carbocycles. The van der Waals surface area contributed by atoms with Crippen LogP contribution in [0.1, 0.15) is 33.1 Å². The zero-order valence-corrected chi connectivity index (χ0v) is 19.0. The molecule has 4 fully saturated rings. The van der Waals surface area contributed by atoms with Crippen molar-refractivity contribution in [2.45, 2.75) is 56.9 Å². The summed E-state index contributed by atoms with van der Waals surface area (Å²) in [5, 5.41) is 13.0. The molecule has 1 spiro atoms. The lowest BCUT2D eigenvalue weighted by Gasteiger charge is -2.36. The number of hydrogen-bond acceptors (Lipinski definition) is 8. The van der Waals surface area contributed by atoms with E-state index in [1.54, 1.807) is 6.92 Å². The van der Waals surface area contributed by atoms with E-state index in [0.29, 0.717) is 45.6 Å². The molecule has 32 heavy (non-hydrogen) atoms. The van der Waals surface area contributed by atoms with Gasteiger partial charge in [0.15, 0.2) is 0 Å². The summed E-state index contributed by atoms with van der Waals surface area (Å²) in [6.45, 7) is 7.72. The minimum atomic E-state index is -1.05. The SMILES string of the molecule is CCOC(=O)[C@@H]1[C@@H]2CC[C@]3(O2)[C@H](C(=O)NCCN2CCOCC2)N([C@@H](CC)CO)C(=O)[C@@H]13. The number of nitrogens with zero attached hydrogens (tertiary/aromatic N) is 2. The van der Waals surface area contributed by atoms with Gasteiger partial charge in [0.2, 0.25) is 11.8 Å². The van der Waals surface area contributed by atoms with Crippen LogP contribution in [0.3, 0.4) is 0 Å². The minimum Gasteiger partial charge on any atom is -0.466 e. The molecule has 10 heteroatoms. The van der Waals surface area contributed by atoms with Gasteiger partial charge >= 0.3 is 5.97 Å². The predicted molar refractivity (Wildman–Crippen MR) is 113 cm³/mol. The first-order chi connectivity index (χ1) is 15.5. The number of morpholine rings is 1. The Labute approximate surface area is 188 Å². The van der Waals surface area contributed by atoms with Crippen molar-refractivity contribution in [3.8, 4) is 0 Å². The maximum absolute atomic E-state index is 13.6. The van der Waals surface area contributed by atoms with E-state index in [9.17, 15) is 19.5 Å². The monoisotopic (exact) mass is 453 g/mol. The van der Waals surface area contributed by atoms with E-state index < -0.39 is 41.6 Å². The average molecular weight is 454 g/mol. The van der Waals surface area contributed by atoms with Crippen molar-refractivity contribution in [2.24, 2.45) is 11.8 Å². The van der Waals surface area contributed by atoms with Crippen molar-refractivity contribution < 1.29 is 33.7 Å². The summed E-state index contributed by atoms with van der Waals surface area (Å²) < 4.78 is 16.9. The number of aliphatic hydroxyl groups excluding tert-OH is 1. The Morgan fingerprint density at radius 3 is 2.72 bits per heavy atom. The summed E-state index contributed by atoms with van der Waals surface area (Å²) >= 11 is 0. The van der Waals surface area contributed by atoms with Gasteiger partial charge in [0.25, 0.3) is 0 Å². The first-order valence-corrected chi connectivity index (χ1v) is 11.8. The van der Waals surface area contributed by atoms with Crippen LogP contribution in [0.5, 0.6) is 0 Å². The Morgan fingerprint density at radius 2 is 2.06 bits per heavy atom. The van der Waals surface area contributed by atoms with Crippen LogP contribution in [0.25, 0.3) is 0 Å². The normalized spacial score (nSPS) is 35.1. The summed E-state index contributed by atoms with van der Waals surface area (Å²) in [7, 11) is 0. The fourth-order valence-electron chi connectivity index (χ4n) is 5.96. The summed E-state index contributed by atoms with van der Waals surface area (Å²) in [5.41, 5.74) is -1.05. The zero-order chi connectivity index (χ0) is 22.9. The van der Waals surface area contributed by atoms with Gasteiger partial charge in [-0.2, -0.15) is 0 Å². The van der Waals surface area contributed by atoms with Gasteiger partial charge < -0.3 is 29.5 Å². The third kappa shape index (κ3) is 3.81. The van der Waals surface area contributed by atoms with E-state index in [1.165, 1.54) is 4.90 Å². The quantitative estimate of drug-likeness (QED) is 0.433. The first-order valence-electron chi connectivity index (χ1n) is 11.8. The fourth-order valence-corrected chi connectivity index (χ4v) is 5.96. The van der Waals surface area contributed by atoms with Crippen LogP contribution in [0.4, 0.5) is 0 Å². The molecule has 4 rings (SSSR count). The molecule has 2 amide bonds. The molecular formula is C22H35N3O7. The van der Waals surface area contributed by atoms with E-state index >= 15 is 0 Å². The fraction of sp³-hybridized carbons (Fsp3) is 0.864. The molecule has 6 atom stereocenters. The van der Waals surface area contributed by atoms with Crippen LogP contribution < -0.4 is 5.32 Å². The van der Waals surface area contributed by atoms with E-state index in [-0.39, 0.29) is 25.0 Å². The van der Waals surface area contributed by atoms with Gasteiger partial charge in [0.05, 0.1) is 50.4 Å². The molecule has 0 radical (unpaired) electrons.